The van der Waals surface area contributed by atoms with Crippen molar-refractivity contribution in [3.63, 3.8) is 0 Å². The summed E-state index contributed by atoms with van der Waals surface area (Å²) in [6.07, 6.45) is -6.70. The first-order valence-corrected chi connectivity index (χ1v) is 10.6. The lowest BCUT2D eigenvalue weighted by Gasteiger charge is -2.28. The number of aliphatic hydroxyl groups is 3. The van der Waals surface area contributed by atoms with Crippen LogP contribution in [0, 0.1) is 0 Å². The Kier molecular flexibility index (Phi) is 5.71. The molecule has 0 spiro atoms. The average Bonchev–Trinajstić information content (AvgIpc) is 3.04. The van der Waals surface area contributed by atoms with Crippen molar-refractivity contribution in [3.05, 3.63) is 20.8 Å². The fourth-order valence-electron chi connectivity index (χ4n) is 3.15. The summed E-state index contributed by atoms with van der Waals surface area (Å²) in [5, 5.41) is 28.5. The molecule has 0 radical (unpaired) electrons. The lowest BCUT2D eigenvalue weighted by molar-refractivity contribution is -0.0483. The Morgan fingerprint density at radius 1 is 1.33 bits per heavy atom. The minimum absolute atomic E-state index is 0.150. The van der Waals surface area contributed by atoms with Crippen LogP contribution in [-0.2, 0) is 13.8 Å². The molecular weight excluding hydrogens is 425 g/mol. The number of nitrogens with one attached hydrogen (secondary N) is 2. The van der Waals surface area contributed by atoms with Crippen LogP contribution in [0.25, 0.3) is 11.2 Å². The normalized spacial score (nSPS) is 28.0. The Bertz CT molecular complexity index is 1100. The van der Waals surface area contributed by atoms with E-state index in [0.29, 0.717) is 0 Å². The Hall–Kier alpha value is -2.06. The summed E-state index contributed by atoms with van der Waals surface area (Å²) >= 11 is 0. The summed E-state index contributed by atoms with van der Waals surface area (Å²) in [5.41, 5.74) is 3.62. The van der Waals surface area contributed by atoms with Crippen LogP contribution in [0.5, 0.6) is 0 Å². The van der Waals surface area contributed by atoms with Gasteiger partial charge >= 0.3 is 13.3 Å². The van der Waals surface area contributed by atoms with Gasteiger partial charge in [-0.25, -0.2) is 9.36 Å². The number of aromatic amines is 2. The molecule has 14 nitrogen and oxygen atoms in total. The quantitative estimate of drug-likeness (QED) is 0.246. The van der Waals surface area contributed by atoms with Crippen molar-refractivity contribution >= 4 is 24.7 Å². The topological polar surface area (TPSA) is 226 Å². The van der Waals surface area contributed by atoms with Crippen LogP contribution >= 0.6 is 7.60 Å². The predicted octanol–water partition coefficient (Wildman–Crippen LogP) is -1.68. The van der Waals surface area contributed by atoms with Crippen LogP contribution in [0.2, 0.25) is 0 Å². The lowest BCUT2D eigenvalue weighted by Crippen LogP contribution is -2.35. The number of fused-ring (bicyclic) bond motifs is 1. The van der Waals surface area contributed by atoms with Crippen molar-refractivity contribution in [3.8, 4) is 0 Å². The highest BCUT2D eigenvalue weighted by Gasteiger charge is 2.47. The Labute approximate surface area is 168 Å². The predicted molar refractivity (Wildman–Crippen MR) is 103 cm³/mol. The third-order valence-corrected chi connectivity index (χ3v) is 6.80. The highest BCUT2D eigenvalue weighted by Crippen LogP contribution is 2.54. The van der Waals surface area contributed by atoms with E-state index in [-0.39, 0.29) is 23.5 Å². The number of aliphatic hydroxyl groups excluding tert-OH is 2. The van der Waals surface area contributed by atoms with Gasteiger partial charge in [-0.2, -0.15) is 4.98 Å². The molecule has 168 valence electrons. The zero-order chi connectivity index (χ0) is 22.6. The lowest BCUT2D eigenvalue weighted by atomic mass is 10.1. The van der Waals surface area contributed by atoms with E-state index in [9.17, 15) is 34.4 Å². The summed E-state index contributed by atoms with van der Waals surface area (Å²) in [5.74, 6) is -0.267. The number of nitrogens with two attached hydrogens (primary N) is 1. The third kappa shape index (κ3) is 3.95. The van der Waals surface area contributed by atoms with Crippen LogP contribution in [-0.4, -0.2) is 69.5 Å². The molecule has 0 saturated carbocycles. The highest BCUT2D eigenvalue weighted by atomic mass is 31.2. The first-order valence-electron chi connectivity index (χ1n) is 8.98. The second kappa shape index (κ2) is 7.57. The smallest absolute Gasteiger partial charge is 0.359 e. The molecule has 8 N–H and O–H groups in total. The summed E-state index contributed by atoms with van der Waals surface area (Å²) in [6, 6.07) is 0. The molecule has 15 heteroatoms. The van der Waals surface area contributed by atoms with Crippen LogP contribution in [0.1, 0.15) is 33.4 Å². The maximum absolute atomic E-state index is 12.3. The molecule has 2 aromatic rings. The minimum atomic E-state index is -4.41. The molecule has 1 aliphatic rings. The van der Waals surface area contributed by atoms with Crippen molar-refractivity contribution < 1.29 is 34.0 Å². The second-order valence-electron chi connectivity index (χ2n) is 7.66. The minimum Gasteiger partial charge on any atom is -0.388 e. The van der Waals surface area contributed by atoms with Gasteiger partial charge < -0.3 is 35.2 Å². The third-order valence-electron chi connectivity index (χ3n) is 4.77. The van der Waals surface area contributed by atoms with Gasteiger partial charge in [0.1, 0.15) is 12.2 Å². The van der Waals surface area contributed by atoms with E-state index in [1.165, 1.54) is 6.92 Å². The monoisotopic (exact) mass is 449 g/mol. The first kappa shape index (κ1) is 22.6. The number of imidazole rings is 1. The Morgan fingerprint density at radius 3 is 2.57 bits per heavy atom. The molecule has 0 amide bonds. The number of H-pyrrole nitrogens is 2. The molecule has 0 aromatic carbocycles. The van der Waals surface area contributed by atoms with Gasteiger partial charge in [-0.3, -0.25) is 19.3 Å². The SMILES string of the molecule is CC(CC1O[C@@H](n2c(=O)[nH]c3c(=O)[nH]c(N)nc32)[C@H](O)[C@@H]1O)OP(=O)(O)C(C)(C)O. The molecule has 2 aromatic heterocycles. The average molecular weight is 449 g/mol. The van der Waals surface area contributed by atoms with Crippen LogP contribution in [0.4, 0.5) is 5.95 Å². The summed E-state index contributed by atoms with van der Waals surface area (Å²) in [6.45, 7) is 3.65. The second-order valence-corrected chi connectivity index (χ2v) is 10.0. The summed E-state index contributed by atoms with van der Waals surface area (Å²) in [7, 11) is -4.41. The zero-order valence-electron chi connectivity index (χ0n) is 16.3. The van der Waals surface area contributed by atoms with E-state index in [1.807, 2.05) is 0 Å². The van der Waals surface area contributed by atoms with Gasteiger partial charge in [0.2, 0.25) is 5.95 Å². The molecule has 3 rings (SSSR count). The summed E-state index contributed by atoms with van der Waals surface area (Å²) in [4.78, 5) is 42.5. The van der Waals surface area contributed by atoms with Gasteiger partial charge in [-0.15, -0.1) is 0 Å². The van der Waals surface area contributed by atoms with Crippen LogP contribution in [0.3, 0.4) is 0 Å². The first-order chi connectivity index (χ1) is 13.7. The molecule has 6 atom stereocenters. The zero-order valence-corrected chi connectivity index (χ0v) is 17.2. The van der Waals surface area contributed by atoms with E-state index in [4.69, 9.17) is 15.0 Å². The van der Waals surface area contributed by atoms with Gasteiger partial charge in [0.25, 0.3) is 5.56 Å². The fraction of sp³-hybridized carbons (Fsp3) is 0.667. The molecule has 1 fully saturated rings. The van der Waals surface area contributed by atoms with Gasteiger partial charge in [0, 0.05) is 6.42 Å². The number of hydrogen-bond donors (Lipinski definition) is 7. The molecule has 0 aliphatic carbocycles. The van der Waals surface area contributed by atoms with Gasteiger partial charge in [0.05, 0.1) is 12.2 Å². The molecule has 30 heavy (non-hydrogen) atoms. The van der Waals surface area contributed by atoms with E-state index in [1.54, 1.807) is 0 Å². The fourth-order valence-corrected chi connectivity index (χ4v) is 3.98. The van der Waals surface area contributed by atoms with E-state index >= 15 is 0 Å². The number of hydrogen-bond acceptors (Lipinski definition) is 10. The number of nitrogen functional groups attached to an aromatic ring is 1. The van der Waals surface area contributed by atoms with Crippen molar-refractivity contribution in [1.29, 1.82) is 0 Å². The maximum atomic E-state index is 12.3. The van der Waals surface area contributed by atoms with Crippen molar-refractivity contribution in [2.24, 2.45) is 0 Å². The van der Waals surface area contributed by atoms with E-state index < -0.39 is 54.8 Å². The summed E-state index contributed by atoms with van der Waals surface area (Å²) < 4.78 is 23.6. The number of aromatic nitrogens is 4. The van der Waals surface area contributed by atoms with Crippen molar-refractivity contribution in [1.82, 2.24) is 19.5 Å². The van der Waals surface area contributed by atoms with Gasteiger partial charge in [-0.1, -0.05) is 0 Å². The van der Waals surface area contributed by atoms with Crippen LogP contribution < -0.4 is 17.0 Å². The molecule has 0 bridgehead atoms. The van der Waals surface area contributed by atoms with Gasteiger partial charge in [0.15, 0.2) is 22.7 Å². The Morgan fingerprint density at radius 2 is 1.97 bits per heavy atom. The van der Waals surface area contributed by atoms with E-state index in [2.05, 4.69) is 15.0 Å². The van der Waals surface area contributed by atoms with Crippen molar-refractivity contribution in [2.75, 3.05) is 5.73 Å². The molecule has 1 saturated heterocycles. The maximum Gasteiger partial charge on any atom is 0.359 e. The molecular formula is C15H24N5O9P. The standard InChI is InChI=1S/C15H24N5O9P/c1-5(29-30(26,27)15(2,3)25)4-6-8(21)9(22)12(28-6)20-10-7(17-14(20)24)11(23)19-13(16)18-10/h5-6,8-9,12,21-22,25H,4H2,1-3H3,(H,17,24)(H,26,27)(H3,16,18,19,23)/t5?,6?,8-,9-,12-/m1/s1. The number of anilines is 1. The molecule has 3 unspecified atom stereocenters. The van der Waals surface area contributed by atoms with Gasteiger partial charge in [-0.05, 0) is 20.8 Å². The largest absolute Gasteiger partial charge is 0.388 e. The molecule has 1 aliphatic heterocycles. The Balaban J connectivity index is 1.86. The number of rotatable bonds is 6. The van der Waals surface area contributed by atoms with Crippen molar-refractivity contribution in [2.45, 2.75) is 63.2 Å². The molecule has 3 heterocycles. The number of nitrogens with zero attached hydrogens (tertiary/aromatic N) is 2. The van der Waals surface area contributed by atoms with E-state index in [0.717, 1.165) is 18.4 Å². The highest BCUT2D eigenvalue weighted by molar-refractivity contribution is 7.54. The van der Waals surface area contributed by atoms with Crippen LogP contribution in [0.15, 0.2) is 9.59 Å². The number of ether oxygens (including phenoxy) is 1.